The van der Waals surface area contributed by atoms with Gasteiger partial charge in [0.15, 0.2) is 0 Å². The highest BCUT2D eigenvalue weighted by Crippen LogP contribution is 2.37. The molecular weight excluding hydrogens is 333 g/mol. The maximum atomic E-state index is 15.0. The third-order valence-corrected chi connectivity index (χ3v) is 5.73. The second-order valence-electron chi connectivity index (χ2n) is 6.63. The molecule has 0 atom stereocenters. The summed E-state index contributed by atoms with van der Waals surface area (Å²) in [7, 11) is 0. The van der Waals surface area contributed by atoms with E-state index < -0.39 is 5.67 Å². The van der Waals surface area contributed by atoms with Gasteiger partial charge in [-0.1, -0.05) is 25.1 Å². The van der Waals surface area contributed by atoms with Crippen LogP contribution in [0.15, 0.2) is 54.4 Å². The third kappa shape index (κ3) is 3.29. The number of hydrogen-bond acceptors (Lipinski definition) is 4. The van der Waals surface area contributed by atoms with Crippen molar-refractivity contribution in [3.8, 4) is 10.4 Å². The van der Waals surface area contributed by atoms with E-state index in [0.717, 1.165) is 40.5 Å². The fraction of sp³-hybridized carbons (Fsp3) is 0.300. The van der Waals surface area contributed by atoms with Crippen molar-refractivity contribution in [2.75, 3.05) is 5.32 Å². The van der Waals surface area contributed by atoms with E-state index >= 15 is 4.39 Å². The van der Waals surface area contributed by atoms with Gasteiger partial charge in [-0.15, -0.1) is 11.3 Å². The Morgan fingerprint density at radius 2 is 1.96 bits per heavy atom. The predicted octanol–water partition coefficient (Wildman–Crippen LogP) is 5.96. The number of allylic oxidation sites excluding steroid dienone is 1. The maximum Gasteiger partial charge on any atom is 0.150 e. The SMILES string of the molecule is C=C(Nc1cc2cc(-c3cncs3)ccc2cn1)C1(F)CCCCC1. The van der Waals surface area contributed by atoms with Gasteiger partial charge < -0.3 is 5.32 Å². The normalized spacial score (nSPS) is 16.7. The number of alkyl halides is 1. The molecule has 25 heavy (non-hydrogen) atoms. The summed E-state index contributed by atoms with van der Waals surface area (Å²) in [6, 6.07) is 8.19. The lowest BCUT2D eigenvalue weighted by atomic mass is 9.84. The van der Waals surface area contributed by atoms with Crippen molar-refractivity contribution in [2.24, 2.45) is 0 Å². The fourth-order valence-corrected chi connectivity index (χ4v) is 4.02. The molecule has 1 aliphatic rings. The summed E-state index contributed by atoms with van der Waals surface area (Å²) >= 11 is 1.61. The first-order valence-corrected chi connectivity index (χ1v) is 9.46. The molecule has 2 aromatic heterocycles. The van der Waals surface area contributed by atoms with Crippen LogP contribution in [0.4, 0.5) is 10.2 Å². The van der Waals surface area contributed by atoms with E-state index in [4.69, 9.17) is 0 Å². The Morgan fingerprint density at radius 3 is 2.72 bits per heavy atom. The summed E-state index contributed by atoms with van der Waals surface area (Å²) in [5, 5.41) is 5.22. The van der Waals surface area contributed by atoms with Crippen LogP contribution in [0.1, 0.15) is 32.1 Å². The zero-order chi connectivity index (χ0) is 17.3. The first kappa shape index (κ1) is 16.2. The van der Waals surface area contributed by atoms with Crippen LogP contribution in [0.3, 0.4) is 0 Å². The molecule has 3 aromatic rings. The lowest BCUT2D eigenvalue weighted by Crippen LogP contribution is -2.31. The monoisotopic (exact) mass is 353 g/mol. The van der Waals surface area contributed by atoms with E-state index in [0.29, 0.717) is 24.4 Å². The number of nitrogens with one attached hydrogen (secondary N) is 1. The van der Waals surface area contributed by atoms with Gasteiger partial charge in [-0.2, -0.15) is 0 Å². The largest absolute Gasteiger partial charge is 0.341 e. The molecule has 2 heterocycles. The Labute approximate surface area is 150 Å². The minimum Gasteiger partial charge on any atom is -0.341 e. The number of aromatic nitrogens is 2. The van der Waals surface area contributed by atoms with E-state index in [1.807, 2.05) is 30.0 Å². The van der Waals surface area contributed by atoms with E-state index in [1.54, 1.807) is 11.3 Å². The van der Waals surface area contributed by atoms with Gasteiger partial charge in [0.1, 0.15) is 11.5 Å². The highest BCUT2D eigenvalue weighted by Gasteiger charge is 2.35. The van der Waals surface area contributed by atoms with Crippen LogP contribution in [0.5, 0.6) is 0 Å². The molecule has 1 fully saturated rings. The van der Waals surface area contributed by atoms with Gasteiger partial charge in [-0.25, -0.2) is 9.37 Å². The predicted molar refractivity (Wildman–Crippen MR) is 103 cm³/mol. The van der Waals surface area contributed by atoms with Gasteiger partial charge in [-0.3, -0.25) is 4.98 Å². The molecule has 5 heteroatoms. The van der Waals surface area contributed by atoms with Gasteiger partial charge in [0.2, 0.25) is 0 Å². The summed E-state index contributed by atoms with van der Waals surface area (Å²) in [6.07, 6.45) is 7.70. The van der Waals surface area contributed by atoms with Crippen molar-refractivity contribution in [3.05, 3.63) is 54.4 Å². The molecular formula is C20H20FN3S. The second kappa shape index (κ2) is 6.56. The Hall–Kier alpha value is -2.27. The molecule has 0 unspecified atom stereocenters. The van der Waals surface area contributed by atoms with Crippen LogP contribution < -0.4 is 5.32 Å². The second-order valence-corrected chi connectivity index (χ2v) is 7.51. The number of anilines is 1. The molecule has 1 aliphatic carbocycles. The van der Waals surface area contributed by atoms with Crippen molar-refractivity contribution in [1.82, 2.24) is 9.97 Å². The first-order chi connectivity index (χ1) is 12.1. The summed E-state index contributed by atoms with van der Waals surface area (Å²) < 4.78 is 15.0. The smallest absolute Gasteiger partial charge is 0.150 e. The number of rotatable bonds is 4. The number of halogens is 1. The third-order valence-electron chi connectivity index (χ3n) is 4.90. The average molecular weight is 353 g/mol. The molecule has 0 radical (unpaired) electrons. The molecule has 0 spiro atoms. The molecule has 128 valence electrons. The van der Waals surface area contributed by atoms with Gasteiger partial charge in [0, 0.05) is 23.5 Å². The number of benzene rings is 1. The Balaban J connectivity index is 1.60. The molecule has 0 amide bonds. The van der Waals surface area contributed by atoms with E-state index in [1.165, 1.54) is 0 Å². The molecule has 1 aromatic carbocycles. The van der Waals surface area contributed by atoms with Crippen molar-refractivity contribution in [3.63, 3.8) is 0 Å². The highest BCUT2D eigenvalue weighted by atomic mass is 32.1. The number of pyridine rings is 1. The molecule has 1 saturated carbocycles. The van der Waals surface area contributed by atoms with Crippen LogP contribution in [0.25, 0.3) is 21.2 Å². The first-order valence-electron chi connectivity index (χ1n) is 8.58. The standard InChI is InChI=1S/C20H20FN3S/c1-14(20(21)7-3-2-4-8-20)24-19-10-17-9-15(18-12-22-13-25-18)5-6-16(17)11-23-19/h5-6,9-13H,1-4,7-8H2,(H,23,24). The summed E-state index contributed by atoms with van der Waals surface area (Å²) in [6.45, 7) is 3.95. The average Bonchev–Trinajstić information content (AvgIpc) is 3.16. The lowest BCUT2D eigenvalue weighted by Gasteiger charge is -2.31. The number of nitrogens with zero attached hydrogens (tertiary/aromatic N) is 2. The fourth-order valence-electron chi connectivity index (χ4n) is 3.40. The van der Waals surface area contributed by atoms with Crippen LogP contribution in [0, 0.1) is 0 Å². The quantitative estimate of drug-likeness (QED) is 0.629. The van der Waals surface area contributed by atoms with Crippen LogP contribution in [0.2, 0.25) is 0 Å². The molecule has 0 bridgehead atoms. The van der Waals surface area contributed by atoms with E-state index in [2.05, 4.69) is 34.0 Å². The number of thiazole rings is 1. The maximum absolute atomic E-state index is 15.0. The van der Waals surface area contributed by atoms with Gasteiger partial charge in [-0.05, 0) is 48.8 Å². The van der Waals surface area contributed by atoms with Crippen LogP contribution in [-0.4, -0.2) is 15.6 Å². The number of hydrogen-bond donors (Lipinski definition) is 1. The van der Waals surface area contributed by atoms with Gasteiger partial charge in [0.25, 0.3) is 0 Å². The van der Waals surface area contributed by atoms with Crippen LogP contribution in [-0.2, 0) is 0 Å². The molecule has 3 nitrogen and oxygen atoms in total. The van der Waals surface area contributed by atoms with Crippen molar-refractivity contribution in [2.45, 2.75) is 37.8 Å². The molecule has 4 rings (SSSR count). The minimum absolute atomic E-state index is 0.428. The van der Waals surface area contributed by atoms with E-state index in [9.17, 15) is 0 Å². The Morgan fingerprint density at radius 1 is 1.12 bits per heavy atom. The summed E-state index contributed by atoms with van der Waals surface area (Å²) in [5.41, 5.74) is 2.06. The van der Waals surface area contributed by atoms with Crippen LogP contribution >= 0.6 is 11.3 Å². The minimum atomic E-state index is -1.32. The van der Waals surface area contributed by atoms with Crippen molar-refractivity contribution in [1.29, 1.82) is 0 Å². The topological polar surface area (TPSA) is 37.8 Å². The van der Waals surface area contributed by atoms with Gasteiger partial charge >= 0.3 is 0 Å². The zero-order valence-electron chi connectivity index (χ0n) is 14.0. The summed E-state index contributed by atoms with van der Waals surface area (Å²) in [5.74, 6) is 0.640. The molecule has 0 aliphatic heterocycles. The van der Waals surface area contributed by atoms with Crippen molar-refractivity contribution < 1.29 is 4.39 Å². The molecule has 1 N–H and O–H groups in total. The summed E-state index contributed by atoms with van der Waals surface area (Å²) in [4.78, 5) is 9.68. The highest BCUT2D eigenvalue weighted by molar-refractivity contribution is 7.13. The number of fused-ring (bicyclic) bond motifs is 1. The Bertz CT molecular complexity index is 898. The van der Waals surface area contributed by atoms with Crippen molar-refractivity contribution >= 4 is 27.9 Å². The van der Waals surface area contributed by atoms with Gasteiger partial charge in [0.05, 0.1) is 10.4 Å². The van der Waals surface area contributed by atoms with E-state index in [-0.39, 0.29) is 0 Å². The Kier molecular flexibility index (Phi) is 4.25. The lowest BCUT2D eigenvalue weighted by molar-refractivity contribution is 0.151. The molecule has 0 saturated heterocycles. The zero-order valence-corrected chi connectivity index (χ0v) is 14.8.